The van der Waals surface area contributed by atoms with Crippen molar-refractivity contribution in [2.24, 2.45) is 0 Å². The molecule has 0 unspecified atom stereocenters. The lowest BCUT2D eigenvalue weighted by molar-refractivity contribution is -0.124. The third-order valence-electron chi connectivity index (χ3n) is 3.36. The third kappa shape index (κ3) is 6.56. The van der Waals surface area contributed by atoms with Crippen LogP contribution in [0.15, 0.2) is 54.6 Å². The Morgan fingerprint density at radius 3 is 2.35 bits per heavy atom. The van der Waals surface area contributed by atoms with E-state index < -0.39 is 28.5 Å². The summed E-state index contributed by atoms with van der Waals surface area (Å²) >= 11 is 0. The summed E-state index contributed by atoms with van der Waals surface area (Å²) in [5.41, 5.74) is 1.23. The lowest BCUT2D eigenvalue weighted by atomic mass is 10.1. The van der Waals surface area contributed by atoms with Crippen molar-refractivity contribution in [1.29, 1.82) is 0 Å². The molecule has 8 heteroatoms. The van der Waals surface area contributed by atoms with Gasteiger partial charge >= 0.3 is 5.97 Å². The molecule has 0 heterocycles. The molecule has 0 spiro atoms. The average Bonchev–Trinajstić information content (AvgIpc) is 2.60. The Labute approximate surface area is 152 Å². The van der Waals surface area contributed by atoms with E-state index in [1.807, 2.05) is 30.3 Å². The predicted octanol–water partition coefficient (Wildman–Crippen LogP) is 1.57. The lowest BCUT2D eigenvalue weighted by Gasteiger charge is -2.10. The second kappa shape index (κ2) is 9.00. The highest BCUT2D eigenvalue weighted by atomic mass is 32.2. The Morgan fingerprint density at radius 1 is 1.00 bits per heavy atom. The van der Waals surface area contributed by atoms with Crippen molar-refractivity contribution in [3.8, 4) is 0 Å². The number of ether oxygens (including phenoxy) is 1. The van der Waals surface area contributed by atoms with Gasteiger partial charge in [-0.1, -0.05) is 42.5 Å². The van der Waals surface area contributed by atoms with Crippen LogP contribution in [-0.2, 0) is 26.0 Å². The van der Waals surface area contributed by atoms with E-state index in [4.69, 9.17) is 4.74 Å². The number of esters is 1. The predicted molar refractivity (Wildman–Crippen MR) is 98.3 cm³/mol. The molecule has 0 saturated heterocycles. The molecule has 0 aliphatic heterocycles. The van der Waals surface area contributed by atoms with Crippen molar-refractivity contribution < 1.29 is 22.7 Å². The first kappa shape index (κ1) is 19.5. The molecule has 0 aliphatic rings. The maximum atomic E-state index is 12.1. The van der Waals surface area contributed by atoms with Gasteiger partial charge in [0.25, 0.3) is 5.91 Å². The summed E-state index contributed by atoms with van der Waals surface area (Å²) in [4.78, 5) is 23.9. The minimum Gasteiger partial charge on any atom is -0.452 e. The van der Waals surface area contributed by atoms with E-state index in [0.29, 0.717) is 13.0 Å². The van der Waals surface area contributed by atoms with Crippen LogP contribution in [0.2, 0.25) is 0 Å². The second-order valence-corrected chi connectivity index (χ2v) is 7.33. The molecule has 0 bridgehead atoms. The van der Waals surface area contributed by atoms with Gasteiger partial charge in [0.15, 0.2) is 6.61 Å². The lowest BCUT2D eigenvalue weighted by Crippen LogP contribution is -2.30. The first-order valence-corrected chi connectivity index (χ1v) is 9.79. The van der Waals surface area contributed by atoms with Crippen LogP contribution < -0.4 is 10.0 Å². The van der Waals surface area contributed by atoms with E-state index in [1.165, 1.54) is 12.1 Å². The van der Waals surface area contributed by atoms with Gasteiger partial charge in [-0.25, -0.2) is 13.2 Å². The second-order valence-electron chi connectivity index (χ2n) is 5.58. The number of hydrogen-bond acceptors (Lipinski definition) is 5. The molecular weight excluding hydrogens is 356 g/mol. The molecule has 0 fully saturated rings. The minimum absolute atomic E-state index is 0.0370. The van der Waals surface area contributed by atoms with Crippen molar-refractivity contribution in [2.75, 3.05) is 24.1 Å². The summed E-state index contributed by atoms with van der Waals surface area (Å²) < 4.78 is 29.9. The van der Waals surface area contributed by atoms with Crippen LogP contribution in [0.25, 0.3) is 0 Å². The van der Waals surface area contributed by atoms with Gasteiger partial charge in [0.2, 0.25) is 10.0 Å². The fourth-order valence-electron chi connectivity index (χ4n) is 2.20. The van der Waals surface area contributed by atoms with Gasteiger partial charge in [0, 0.05) is 6.54 Å². The molecule has 0 radical (unpaired) electrons. The summed E-state index contributed by atoms with van der Waals surface area (Å²) in [5, 5.41) is 2.66. The van der Waals surface area contributed by atoms with Crippen LogP contribution in [-0.4, -0.2) is 39.7 Å². The number of carbonyl (C=O) groups excluding carboxylic acids is 2. The molecule has 26 heavy (non-hydrogen) atoms. The Kier molecular flexibility index (Phi) is 6.74. The van der Waals surface area contributed by atoms with Gasteiger partial charge in [-0.2, -0.15) is 0 Å². The van der Waals surface area contributed by atoms with Crippen LogP contribution in [0.4, 0.5) is 5.69 Å². The van der Waals surface area contributed by atoms with Crippen molar-refractivity contribution >= 4 is 27.6 Å². The van der Waals surface area contributed by atoms with Crippen LogP contribution in [0.1, 0.15) is 15.9 Å². The highest BCUT2D eigenvalue weighted by molar-refractivity contribution is 7.92. The van der Waals surface area contributed by atoms with E-state index in [1.54, 1.807) is 12.1 Å². The zero-order chi connectivity index (χ0) is 19.0. The van der Waals surface area contributed by atoms with E-state index in [-0.39, 0.29) is 11.3 Å². The van der Waals surface area contributed by atoms with Gasteiger partial charge in [-0.05, 0) is 24.1 Å². The molecular formula is C18H20N2O5S. The third-order valence-corrected chi connectivity index (χ3v) is 3.95. The first-order chi connectivity index (χ1) is 12.3. The number of benzene rings is 2. The fourth-order valence-corrected chi connectivity index (χ4v) is 2.78. The minimum atomic E-state index is -3.54. The molecule has 1 amide bonds. The summed E-state index contributed by atoms with van der Waals surface area (Å²) in [7, 11) is -3.54. The number of rotatable bonds is 8. The van der Waals surface area contributed by atoms with Gasteiger partial charge in [-0.15, -0.1) is 0 Å². The molecule has 2 aromatic carbocycles. The molecule has 0 aromatic heterocycles. The molecule has 0 aliphatic carbocycles. The Bertz CT molecular complexity index is 866. The summed E-state index contributed by atoms with van der Waals surface area (Å²) in [5.74, 6) is -1.21. The SMILES string of the molecule is CS(=O)(=O)Nc1ccccc1C(=O)OCC(=O)NCCc1ccccc1. The highest BCUT2D eigenvalue weighted by Crippen LogP contribution is 2.17. The number of para-hydroxylation sites is 1. The molecule has 0 atom stereocenters. The number of sulfonamides is 1. The normalized spacial score (nSPS) is 10.8. The van der Waals surface area contributed by atoms with Crippen molar-refractivity contribution in [3.63, 3.8) is 0 Å². The Morgan fingerprint density at radius 2 is 1.65 bits per heavy atom. The highest BCUT2D eigenvalue weighted by Gasteiger charge is 2.16. The zero-order valence-electron chi connectivity index (χ0n) is 14.3. The number of carbonyl (C=O) groups is 2. The summed E-state index contributed by atoms with van der Waals surface area (Å²) in [6.45, 7) is -0.0204. The largest absolute Gasteiger partial charge is 0.452 e. The smallest absolute Gasteiger partial charge is 0.340 e. The summed E-state index contributed by atoms with van der Waals surface area (Å²) in [6.07, 6.45) is 1.65. The maximum absolute atomic E-state index is 12.1. The van der Waals surface area contributed by atoms with E-state index in [9.17, 15) is 18.0 Å². The Balaban J connectivity index is 1.84. The maximum Gasteiger partial charge on any atom is 0.340 e. The van der Waals surface area contributed by atoms with Crippen molar-refractivity contribution in [2.45, 2.75) is 6.42 Å². The fraction of sp³-hybridized carbons (Fsp3) is 0.222. The van der Waals surface area contributed by atoms with Gasteiger partial charge in [0.05, 0.1) is 17.5 Å². The standard InChI is InChI=1S/C18H20N2O5S/c1-26(23,24)20-16-10-6-5-9-15(16)18(22)25-13-17(21)19-12-11-14-7-3-2-4-8-14/h2-10,20H,11-13H2,1H3,(H,19,21). The average molecular weight is 376 g/mol. The van der Waals surface area contributed by atoms with E-state index >= 15 is 0 Å². The molecule has 2 rings (SSSR count). The number of nitrogens with one attached hydrogen (secondary N) is 2. The number of hydrogen-bond donors (Lipinski definition) is 2. The quantitative estimate of drug-likeness (QED) is 0.681. The van der Waals surface area contributed by atoms with Crippen molar-refractivity contribution in [1.82, 2.24) is 5.32 Å². The van der Waals surface area contributed by atoms with Crippen LogP contribution in [0, 0.1) is 0 Å². The van der Waals surface area contributed by atoms with Crippen molar-refractivity contribution in [3.05, 3.63) is 65.7 Å². The van der Waals surface area contributed by atoms with Crippen LogP contribution in [0.3, 0.4) is 0 Å². The van der Waals surface area contributed by atoms with Gasteiger partial charge in [0.1, 0.15) is 0 Å². The van der Waals surface area contributed by atoms with E-state index in [0.717, 1.165) is 11.8 Å². The van der Waals surface area contributed by atoms with Crippen LogP contribution in [0.5, 0.6) is 0 Å². The molecule has 2 N–H and O–H groups in total. The molecule has 2 aromatic rings. The van der Waals surface area contributed by atoms with E-state index in [2.05, 4.69) is 10.0 Å². The Hall–Kier alpha value is -2.87. The monoisotopic (exact) mass is 376 g/mol. The zero-order valence-corrected chi connectivity index (χ0v) is 15.1. The summed E-state index contributed by atoms with van der Waals surface area (Å²) in [6, 6.07) is 15.7. The first-order valence-electron chi connectivity index (χ1n) is 7.90. The molecule has 138 valence electrons. The van der Waals surface area contributed by atoms with Gasteiger partial charge in [-0.3, -0.25) is 9.52 Å². The van der Waals surface area contributed by atoms with Crippen LogP contribution >= 0.6 is 0 Å². The number of amides is 1. The molecule has 0 saturated carbocycles. The molecule has 7 nitrogen and oxygen atoms in total. The topological polar surface area (TPSA) is 102 Å². The van der Waals surface area contributed by atoms with Gasteiger partial charge < -0.3 is 10.1 Å². The number of anilines is 1.